The number of carboxylic acid groups (broad SMARTS) is 1. The van der Waals surface area contributed by atoms with Gasteiger partial charge in [-0.05, 0) is 47.4 Å². The van der Waals surface area contributed by atoms with Crippen molar-refractivity contribution in [2.24, 2.45) is 0 Å². The maximum Gasteiger partial charge on any atom is 0.415 e. The van der Waals surface area contributed by atoms with Gasteiger partial charge in [0, 0.05) is 17.4 Å². The highest BCUT2D eigenvalue weighted by molar-refractivity contribution is 5.96. The summed E-state index contributed by atoms with van der Waals surface area (Å²) < 4.78 is 16.2. The number of ether oxygens (including phenoxy) is 2. The lowest BCUT2D eigenvalue weighted by Crippen LogP contribution is -2.46. The van der Waals surface area contributed by atoms with Crippen molar-refractivity contribution in [2.45, 2.75) is 18.9 Å². The van der Waals surface area contributed by atoms with Crippen LogP contribution in [0.5, 0.6) is 5.75 Å². The average Bonchev–Trinajstić information content (AvgIpc) is 3.21. The van der Waals surface area contributed by atoms with E-state index in [0.717, 1.165) is 27.2 Å². The van der Waals surface area contributed by atoms with Crippen molar-refractivity contribution in [2.75, 3.05) is 18.6 Å². The number of aliphatic carboxylic acids is 1. The van der Waals surface area contributed by atoms with Crippen LogP contribution >= 0.6 is 0 Å². The molecule has 3 aromatic carbocycles. The molecule has 0 saturated heterocycles. The van der Waals surface area contributed by atoms with Crippen molar-refractivity contribution in [1.82, 2.24) is 0 Å². The maximum absolute atomic E-state index is 13.3. The lowest BCUT2D eigenvalue weighted by atomic mass is 9.98. The molecule has 1 aliphatic rings. The summed E-state index contributed by atoms with van der Waals surface area (Å²) in [5.41, 5.74) is 3.33. The van der Waals surface area contributed by atoms with Crippen LogP contribution in [0.15, 0.2) is 82.0 Å². The molecule has 1 N–H and O–H groups in total. The monoisotopic (exact) mass is 485 g/mol. The van der Waals surface area contributed by atoms with Crippen LogP contribution in [-0.2, 0) is 9.53 Å². The summed E-state index contributed by atoms with van der Waals surface area (Å²) in [6.45, 7) is 1.28. The number of nitrogens with zero attached hydrogens (tertiary/aromatic N) is 1. The van der Waals surface area contributed by atoms with Crippen LogP contribution in [0.1, 0.15) is 24.0 Å². The van der Waals surface area contributed by atoms with Crippen LogP contribution in [0, 0.1) is 0 Å². The molecule has 1 aromatic heterocycles. The second-order valence-corrected chi connectivity index (χ2v) is 8.51. The molecule has 0 unspecified atom stereocenters. The van der Waals surface area contributed by atoms with Crippen molar-refractivity contribution in [1.29, 1.82) is 0 Å². The second kappa shape index (κ2) is 9.22. The highest BCUT2D eigenvalue weighted by atomic mass is 16.6. The molecule has 0 bridgehead atoms. The number of carbonyl (C=O) groups is 2. The van der Waals surface area contributed by atoms with Gasteiger partial charge in [0.15, 0.2) is 0 Å². The third-order valence-corrected chi connectivity index (χ3v) is 6.46. The molecule has 1 aliphatic carbocycles. The Kier molecular flexibility index (Phi) is 5.93. The van der Waals surface area contributed by atoms with E-state index >= 15 is 0 Å². The third-order valence-electron chi connectivity index (χ3n) is 6.46. The van der Waals surface area contributed by atoms with E-state index in [-0.39, 0.29) is 23.8 Å². The van der Waals surface area contributed by atoms with Gasteiger partial charge < -0.3 is 19.0 Å². The fourth-order valence-corrected chi connectivity index (χ4v) is 4.61. The van der Waals surface area contributed by atoms with Gasteiger partial charge in [0.1, 0.15) is 29.7 Å². The molecule has 0 fully saturated rings. The fraction of sp³-hybridized carbons (Fsp3) is 0.179. The summed E-state index contributed by atoms with van der Waals surface area (Å²) in [6, 6.07) is 20.7. The highest BCUT2D eigenvalue weighted by Gasteiger charge is 2.34. The number of hydrogen-bond acceptors (Lipinski definition) is 6. The average molecular weight is 485 g/mol. The zero-order valence-corrected chi connectivity index (χ0v) is 19.6. The molecule has 0 spiro atoms. The van der Waals surface area contributed by atoms with Gasteiger partial charge >= 0.3 is 17.7 Å². The lowest BCUT2D eigenvalue weighted by Gasteiger charge is -2.26. The van der Waals surface area contributed by atoms with Gasteiger partial charge in [-0.25, -0.2) is 14.4 Å². The van der Waals surface area contributed by atoms with Crippen molar-refractivity contribution < 1.29 is 28.6 Å². The number of carbonyl (C=O) groups excluding carboxylic acids is 1. The van der Waals surface area contributed by atoms with Crippen LogP contribution in [-0.4, -0.2) is 36.9 Å². The molecule has 1 atom stereocenters. The zero-order chi connectivity index (χ0) is 25.4. The molecular formula is C28H23NO7. The van der Waals surface area contributed by atoms with Crippen LogP contribution < -0.4 is 15.3 Å². The van der Waals surface area contributed by atoms with Gasteiger partial charge in [0.25, 0.3) is 0 Å². The number of methoxy groups -OCH3 is 1. The van der Waals surface area contributed by atoms with Gasteiger partial charge in [-0.2, -0.15) is 0 Å². The number of rotatable bonds is 6. The molecule has 5 rings (SSSR count). The molecule has 4 aromatic rings. The van der Waals surface area contributed by atoms with E-state index in [9.17, 15) is 19.5 Å². The fourth-order valence-electron chi connectivity index (χ4n) is 4.61. The van der Waals surface area contributed by atoms with Crippen LogP contribution in [0.2, 0.25) is 0 Å². The van der Waals surface area contributed by atoms with Crippen molar-refractivity contribution in [3.63, 3.8) is 0 Å². The summed E-state index contributed by atoms with van der Waals surface area (Å²) >= 11 is 0. The number of carboxylic acids is 1. The van der Waals surface area contributed by atoms with E-state index in [1.165, 1.54) is 20.1 Å². The van der Waals surface area contributed by atoms with Crippen molar-refractivity contribution >= 4 is 28.7 Å². The Bertz CT molecular complexity index is 1500. The SMILES string of the molecule is COc1ccc2cc(N(C(=O)OCC3c4ccccc4-c4ccccc43)[C@@H](C)C(=O)O)c(=O)oc2c1. The standard InChI is InChI=1S/C28H23NO7/c1-16(26(30)31)29(24-13-17-11-12-18(34-2)14-25(17)36-27(24)32)28(33)35-15-23-21-9-5-3-7-19(21)20-8-4-6-10-22(20)23/h3-14,16,23H,15H2,1-2H3,(H,30,31)/t16-/m0/s1. The van der Waals surface area contributed by atoms with Crippen LogP contribution in [0.3, 0.4) is 0 Å². The normalized spacial score (nSPS) is 13.1. The number of fused-ring (bicyclic) bond motifs is 4. The number of amides is 1. The molecule has 0 radical (unpaired) electrons. The molecule has 36 heavy (non-hydrogen) atoms. The molecule has 1 heterocycles. The van der Waals surface area contributed by atoms with E-state index in [4.69, 9.17) is 13.9 Å². The topological polar surface area (TPSA) is 106 Å². The van der Waals surface area contributed by atoms with E-state index in [0.29, 0.717) is 11.1 Å². The highest BCUT2D eigenvalue weighted by Crippen LogP contribution is 2.44. The Morgan fingerprint density at radius 2 is 1.64 bits per heavy atom. The van der Waals surface area contributed by atoms with E-state index in [2.05, 4.69) is 0 Å². The molecular weight excluding hydrogens is 462 g/mol. The smallest absolute Gasteiger partial charge is 0.415 e. The first kappa shape index (κ1) is 23.2. The summed E-state index contributed by atoms with van der Waals surface area (Å²) in [5.74, 6) is -1.02. The summed E-state index contributed by atoms with van der Waals surface area (Å²) in [5, 5.41) is 10.2. The number of hydrogen-bond donors (Lipinski definition) is 1. The Morgan fingerprint density at radius 1 is 1.00 bits per heavy atom. The van der Waals surface area contributed by atoms with E-state index in [1.54, 1.807) is 18.2 Å². The Labute approximate surface area is 206 Å². The lowest BCUT2D eigenvalue weighted by molar-refractivity contribution is -0.138. The summed E-state index contributed by atoms with van der Waals surface area (Å²) in [4.78, 5) is 38.8. The maximum atomic E-state index is 13.3. The van der Waals surface area contributed by atoms with Gasteiger partial charge in [0.2, 0.25) is 0 Å². The van der Waals surface area contributed by atoms with Crippen molar-refractivity contribution in [3.8, 4) is 16.9 Å². The van der Waals surface area contributed by atoms with Gasteiger partial charge in [-0.15, -0.1) is 0 Å². The largest absolute Gasteiger partial charge is 0.497 e. The van der Waals surface area contributed by atoms with Crippen molar-refractivity contribution in [3.05, 3.63) is 94.3 Å². The second-order valence-electron chi connectivity index (χ2n) is 8.51. The number of anilines is 1. The molecule has 0 aliphatic heterocycles. The Morgan fingerprint density at radius 3 is 2.25 bits per heavy atom. The molecule has 182 valence electrons. The molecule has 0 saturated carbocycles. The predicted molar refractivity (Wildman–Crippen MR) is 134 cm³/mol. The minimum Gasteiger partial charge on any atom is -0.497 e. The molecule has 8 heteroatoms. The first-order valence-corrected chi connectivity index (χ1v) is 11.4. The Hall–Kier alpha value is -4.59. The third kappa shape index (κ3) is 3.96. The quantitative estimate of drug-likeness (QED) is 0.382. The first-order valence-electron chi connectivity index (χ1n) is 11.4. The van der Waals surface area contributed by atoms with E-state index in [1.807, 2.05) is 48.5 Å². The van der Waals surface area contributed by atoms with Gasteiger partial charge in [0.05, 0.1) is 7.11 Å². The number of benzene rings is 3. The minimum atomic E-state index is -1.38. The molecule has 1 amide bonds. The van der Waals surface area contributed by atoms with Gasteiger partial charge in [-0.1, -0.05) is 48.5 Å². The summed E-state index contributed by atoms with van der Waals surface area (Å²) in [7, 11) is 1.49. The van der Waals surface area contributed by atoms with Crippen LogP contribution in [0.25, 0.3) is 22.1 Å². The van der Waals surface area contributed by atoms with Gasteiger partial charge in [-0.3, -0.25) is 4.90 Å². The van der Waals surface area contributed by atoms with E-state index < -0.39 is 23.7 Å². The summed E-state index contributed by atoms with van der Waals surface area (Å²) in [6.07, 6.45) is -0.952. The molecule has 8 nitrogen and oxygen atoms in total. The first-order chi connectivity index (χ1) is 17.4. The predicted octanol–water partition coefficient (Wildman–Crippen LogP) is 5.03. The minimum absolute atomic E-state index is 0.0220. The van der Waals surface area contributed by atoms with Crippen LogP contribution in [0.4, 0.5) is 10.5 Å². The zero-order valence-electron chi connectivity index (χ0n) is 19.6. The Balaban J connectivity index is 1.48.